The van der Waals surface area contributed by atoms with Crippen molar-refractivity contribution < 1.29 is 9.31 Å². The van der Waals surface area contributed by atoms with Crippen LogP contribution in [0.4, 0.5) is 15.8 Å². The van der Waals surface area contributed by atoms with Gasteiger partial charge in [-0.2, -0.15) is 5.26 Å². The van der Waals surface area contributed by atoms with E-state index in [2.05, 4.69) is 21.2 Å². The Morgan fingerprint density at radius 3 is 2.76 bits per heavy atom. The summed E-state index contributed by atoms with van der Waals surface area (Å²) in [6.45, 7) is 0.164. The van der Waals surface area contributed by atoms with Crippen molar-refractivity contribution in [2.24, 2.45) is 0 Å². The Balaban J connectivity index is 2.22. The van der Waals surface area contributed by atoms with Crippen LogP contribution in [0.25, 0.3) is 0 Å². The standard InChI is InChI=1S/C14H9BrFN3O2/c15-11-1-3-13(16)10(5-11)8-18-14-4-2-12(19(20)21)6-9(14)7-17/h1-6,18H,8H2. The molecule has 0 saturated heterocycles. The molecule has 0 amide bonds. The van der Waals surface area contributed by atoms with E-state index in [9.17, 15) is 14.5 Å². The third kappa shape index (κ3) is 3.55. The molecule has 0 unspecified atom stereocenters. The van der Waals surface area contributed by atoms with Gasteiger partial charge >= 0.3 is 0 Å². The zero-order chi connectivity index (χ0) is 15.4. The maximum absolute atomic E-state index is 13.6. The smallest absolute Gasteiger partial charge is 0.270 e. The van der Waals surface area contributed by atoms with Crippen LogP contribution in [0, 0.1) is 27.3 Å². The average molecular weight is 350 g/mol. The van der Waals surface area contributed by atoms with E-state index in [0.717, 1.165) is 4.47 Å². The number of nitro benzene ring substituents is 1. The summed E-state index contributed by atoms with van der Waals surface area (Å²) < 4.78 is 14.4. The Hall–Kier alpha value is -2.46. The van der Waals surface area contributed by atoms with Gasteiger partial charge in [0.25, 0.3) is 5.69 Å². The SMILES string of the molecule is N#Cc1cc([N+](=O)[O-])ccc1NCc1cc(Br)ccc1F. The Morgan fingerprint density at radius 1 is 1.33 bits per heavy atom. The zero-order valence-electron chi connectivity index (χ0n) is 10.6. The van der Waals surface area contributed by atoms with Crippen molar-refractivity contribution in [2.45, 2.75) is 6.54 Å². The fraction of sp³-hybridized carbons (Fsp3) is 0.0714. The van der Waals surface area contributed by atoms with Crippen molar-refractivity contribution in [3.63, 3.8) is 0 Å². The van der Waals surface area contributed by atoms with Crippen molar-refractivity contribution in [3.8, 4) is 6.07 Å². The van der Waals surface area contributed by atoms with Gasteiger partial charge < -0.3 is 5.32 Å². The van der Waals surface area contributed by atoms with Gasteiger partial charge in [0.2, 0.25) is 0 Å². The molecule has 5 nitrogen and oxygen atoms in total. The second kappa shape index (κ2) is 6.33. The van der Waals surface area contributed by atoms with E-state index in [-0.39, 0.29) is 23.6 Å². The Labute approximate surface area is 128 Å². The summed E-state index contributed by atoms with van der Waals surface area (Å²) >= 11 is 3.25. The molecule has 2 rings (SSSR count). The first-order valence-electron chi connectivity index (χ1n) is 5.87. The number of nitrogens with one attached hydrogen (secondary N) is 1. The first kappa shape index (κ1) is 14.9. The molecule has 0 fully saturated rings. The topological polar surface area (TPSA) is 79.0 Å². The summed E-state index contributed by atoms with van der Waals surface area (Å²) in [6, 6.07) is 10.3. The molecule has 0 heterocycles. The van der Waals surface area contributed by atoms with Gasteiger partial charge in [0.15, 0.2) is 0 Å². The molecule has 0 bridgehead atoms. The average Bonchev–Trinajstić information content (AvgIpc) is 2.47. The molecule has 0 aromatic heterocycles. The Morgan fingerprint density at radius 2 is 2.10 bits per heavy atom. The molecule has 0 spiro atoms. The molecule has 106 valence electrons. The van der Waals surface area contributed by atoms with E-state index in [1.54, 1.807) is 12.1 Å². The maximum Gasteiger partial charge on any atom is 0.270 e. The summed E-state index contributed by atoms with van der Waals surface area (Å²) in [7, 11) is 0. The monoisotopic (exact) mass is 349 g/mol. The fourth-order valence-corrected chi connectivity index (χ4v) is 2.17. The van der Waals surface area contributed by atoms with Gasteiger partial charge in [-0.3, -0.25) is 10.1 Å². The predicted molar refractivity (Wildman–Crippen MR) is 79.2 cm³/mol. The van der Waals surface area contributed by atoms with Crippen LogP contribution in [0.5, 0.6) is 0 Å². The lowest BCUT2D eigenvalue weighted by atomic mass is 10.1. The highest BCUT2D eigenvalue weighted by Gasteiger charge is 2.11. The van der Waals surface area contributed by atoms with E-state index in [4.69, 9.17) is 5.26 Å². The predicted octanol–water partition coefficient (Wildman–Crippen LogP) is 3.98. The lowest BCUT2D eigenvalue weighted by Crippen LogP contribution is -2.04. The molecule has 0 aliphatic rings. The molecule has 21 heavy (non-hydrogen) atoms. The summed E-state index contributed by atoms with van der Waals surface area (Å²) in [5.74, 6) is -0.369. The zero-order valence-corrected chi connectivity index (χ0v) is 12.2. The van der Waals surface area contributed by atoms with Gasteiger partial charge in [-0.15, -0.1) is 0 Å². The van der Waals surface area contributed by atoms with Gasteiger partial charge in [-0.25, -0.2) is 4.39 Å². The van der Waals surface area contributed by atoms with E-state index in [0.29, 0.717) is 11.3 Å². The number of anilines is 1. The third-order valence-electron chi connectivity index (χ3n) is 2.81. The molecule has 0 saturated carbocycles. The Bertz CT molecular complexity index is 743. The molecule has 0 radical (unpaired) electrons. The second-order valence-corrected chi connectivity index (χ2v) is 5.10. The number of benzene rings is 2. The summed E-state index contributed by atoms with van der Waals surface area (Å²) in [5, 5.41) is 22.6. The van der Waals surface area contributed by atoms with Crippen molar-refractivity contribution in [1.82, 2.24) is 0 Å². The summed E-state index contributed by atoms with van der Waals surface area (Å²) in [6.07, 6.45) is 0. The first-order valence-corrected chi connectivity index (χ1v) is 6.67. The minimum absolute atomic E-state index is 0.139. The van der Waals surface area contributed by atoms with Crippen molar-refractivity contribution in [1.29, 1.82) is 5.26 Å². The number of nitriles is 1. The van der Waals surface area contributed by atoms with Gasteiger partial charge in [-0.1, -0.05) is 15.9 Å². The molecule has 1 N–H and O–H groups in total. The highest BCUT2D eigenvalue weighted by atomic mass is 79.9. The lowest BCUT2D eigenvalue weighted by Gasteiger charge is -2.09. The fourth-order valence-electron chi connectivity index (χ4n) is 1.76. The molecule has 0 aliphatic carbocycles. The highest BCUT2D eigenvalue weighted by Crippen LogP contribution is 2.23. The van der Waals surface area contributed by atoms with E-state index < -0.39 is 4.92 Å². The minimum atomic E-state index is -0.571. The molecule has 2 aromatic carbocycles. The third-order valence-corrected chi connectivity index (χ3v) is 3.30. The largest absolute Gasteiger partial charge is 0.380 e. The minimum Gasteiger partial charge on any atom is -0.380 e. The summed E-state index contributed by atoms with van der Waals surface area (Å²) in [4.78, 5) is 10.1. The number of nitrogens with zero attached hydrogens (tertiary/aromatic N) is 2. The van der Waals surface area contributed by atoms with E-state index in [1.807, 2.05) is 6.07 Å². The molecular weight excluding hydrogens is 341 g/mol. The number of halogens is 2. The number of non-ortho nitro benzene ring substituents is 1. The van der Waals surface area contributed by atoms with Crippen LogP contribution in [0.15, 0.2) is 40.9 Å². The van der Waals surface area contributed by atoms with E-state index in [1.165, 1.54) is 24.3 Å². The van der Waals surface area contributed by atoms with Crippen LogP contribution < -0.4 is 5.32 Å². The van der Waals surface area contributed by atoms with Gasteiger partial charge in [0.05, 0.1) is 16.2 Å². The molecule has 0 aliphatic heterocycles. The van der Waals surface area contributed by atoms with Crippen LogP contribution in [-0.2, 0) is 6.54 Å². The molecule has 7 heteroatoms. The van der Waals surface area contributed by atoms with Gasteiger partial charge in [-0.05, 0) is 24.3 Å². The van der Waals surface area contributed by atoms with Crippen LogP contribution in [0.3, 0.4) is 0 Å². The maximum atomic E-state index is 13.6. The van der Waals surface area contributed by atoms with Crippen LogP contribution >= 0.6 is 15.9 Å². The molecule has 2 aromatic rings. The van der Waals surface area contributed by atoms with Crippen molar-refractivity contribution in [3.05, 3.63) is 67.9 Å². The summed E-state index contributed by atoms with van der Waals surface area (Å²) in [5.41, 5.74) is 0.819. The van der Waals surface area contributed by atoms with E-state index >= 15 is 0 Å². The normalized spacial score (nSPS) is 9.95. The van der Waals surface area contributed by atoms with Gasteiger partial charge in [0, 0.05) is 28.7 Å². The lowest BCUT2D eigenvalue weighted by molar-refractivity contribution is -0.384. The first-order chi connectivity index (χ1) is 10.0. The van der Waals surface area contributed by atoms with Crippen LogP contribution in [0.2, 0.25) is 0 Å². The van der Waals surface area contributed by atoms with Crippen LogP contribution in [0.1, 0.15) is 11.1 Å². The number of hydrogen-bond acceptors (Lipinski definition) is 4. The van der Waals surface area contributed by atoms with Gasteiger partial charge in [0.1, 0.15) is 11.9 Å². The molecule has 0 atom stereocenters. The van der Waals surface area contributed by atoms with Crippen molar-refractivity contribution >= 4 is 27.3 Å². The van der Waals surface area contributed by atoms with Crippen molar-refractivity contribution in [2.75, 3.05) is 5.32 Å². The second-order valence-electron chi connectivity index (χ2n) is 4.19. The Kier molecular flexibility index (Phi) is 4.50. The number of nitro groups is 1. The quantitative estimate of drug-likeness (QED) is 0.668. The van der Waals surface area contributed by atoms with Crippen LogP contribution in [-0.4, -0.2) is 4.92 Å². The number of rotatable bonds is 4. The highest BCUT2D eigenvalue weighted by molar-refractivity contribution is 9.10. The number of hydrogen-bond donors (Lipinski definition) is 1. The molecular formula is C14H9BrFN3O2.